The fraction of sp³-hybridized carbons (Fsp3) is 0.105. The first-order valence-corrected chi connectivity index (χ1v) is 12.0. The monoisotopic (exact) mass is 490 g/mol. The van der Waals surface area contributed by atoms with Gasteiger partial charge >= 0.3 is 10.1 Å². The number of anilines is 1. The van der Waals surface area contributed by atoms with E-state index in [9.17, 15) is 23.3 Å². The van der Waals surface area contributed by atoms with E-state index in [-0.39, 0.29) is 27.6 Å². The van der Waals surface area contributed by atoms with Crippen molar-refractivity contribution in [2.45, 2.75) is 16.0 Å². The highest BCUT2D eigenvalue weighted by molar-refractivity contribution is 8.01. The number of rotatable bonds is 8. The summed E-state index contributed by atoms with van der Waals surface area (Å²) in [5, 5.41) is 22.6. The van der Waals surface area contributed by atoms with Crippen molar-refractivity contribution < 1.29 is 22.3 Å². The lowest BCUT2D eigenvalue weighted by Gasteiger charge is -2.08. The van der Waals surface area contributed by atoms with Crippen molar-refractivity contribution in [2.75, 3.05) is 11.1 Å². The van der Waals surface area contributed by atoms with E-state index in [0.717, 1.165) is 10.3 Å². The quantitative estimate of drug-likeness (QED) is 0.214. The molecule has 0 bridgehead atoms. The number of benzene rings is 2. The van der Waals surface area contributed by atoms with Gasteiger partial charge < -0.3 is 4.18 Å². The molecule has 0 fully saturated rings. The van der Waals surface area contributed by atoms with E-state index in [0.29, 0.717) is 10.8 Å². The molecule has 0 radical (unpaired) electrons. The van der Waals surface area contributed by atoms with E-state index in [1.165, 1.54) is 65.6 Å². The average molecular weight is 491 g/mol. The molecular weight excluding hydrogens is 476 g/mol. The summed E-state index contributed by atoms with van der Waals surface area (Å²) < 4.78 is 30.6. The van der Waals surface area contributed by atoms with Crippen molar-refractivity contribution in [3.05, 3.63) is 69.9 Å². The summed E-state index contributed by atoms with van der Waals surface area (Å²) in [6.45, 7) is 1.78. The van der Waals surface area contributed by atoms with Gasteiger partial charge in [0.25, 0.3) is 11.6 Å². The molecule has 10 nitrogen and oxygen atoms in total. The van der Waals surface area contributed by atoms with Crippen LogP contribution in [0.2, 0.25) is 0 Å². The Morgan fingerprint density at radius 3 is 2.69 bits per heavy atom. The van der Waals surface area contributed by atoms with Crippen molar-refractivity contribution in [3.8, 4) is 11.8 Å². The van der Waals surface area contributed by atoms with Crippen LogP contribution in [0.5, 0.6) is 5.75 Å². The Morgan fingerprint density at radius 2 is 2.03 bits per heavy atom. The SMILES string of the molecule is Cc1nc(NC(=O)c2ccc(OS(=O)(=O)c3cccc([N+](=O)[O-])c3)cc2)sc1SCC#N. The first kappa shape index (κ1) is 23.2. The van der Waals surface area contributed by atoms with Crippen LogP contribution in [0.3, 0.4) is 0 Å². The zero-order chi connectivity index (χ0) is 23.3. The summed E-state index contributed by atoms with van der Waals surface area (Å²) in [5.74, 6) is -0.242. The van der Waals surface area contributed by atoms with E-state index in [1.54, 1.807) is 6.92 Å². The number of aromatic nitrogens is 1. The Labute approximate surface area is 191 Å². The zero-order valence-corrected chi connectivity index (χ0v) is 18.8. The molecule has 0 atom stereocenters. The minimum atomic E-state index is -4.30. The van der Waals surface area contributed by atoms with Gasteiger partial charge in [-0.1, -0.05) is 29.2 Å². The number of hydrogen-bond donors (Lipinski definition) is 1. The number of aryl methyl sites for hydroxylation is 1. The van der Waals surface area contributed by atoms with Crippen molar-refractivity contribution in [1.82, 2.24) is 4.98 Å². The summed E-state index contributed by atoms with van der Waals surface area (Å²) in [7, 11) is -4.30. The Hall–Kier alpha value is -3.47. The lowest BCUT2D eigenvalue weighted by molar-refractivity contribution is -0.385. The average Bonchev–Trinajstić information content (AvgIpc) is 3.11. The van der Waals surface area contributed by atoms with E-state index >= 15 is 0 Å². The fourth-order valence-corrected chi connectivity index (χ4v) is 5.19. The molecule has 0 saturated heterocycles. The fourth-order valence-electron chi connectivity index (χ4n) is 2.43. The van der Waals surface area contributed by atoms with Gasteiger partial charge in [0.15, 0.2) is 5.13 Å². The Kier molecular flexibility index (Phi) is 7.08. The summed E-state index contributed by atoms with van der Waals surface area (Å²) in [5.41, 5.74) is 0.568. The second-order valence-electron chi connectivity index (χ2n) is 6.11. The van der Waals surface area contributed by atoms with Crippen LogP contribution in [0, 0.1) is 28.4 Å². The molecule has 1 amide bonds. The van der Waals surface area contributed by atoms with Gasteiger partial charge in [-0.15, -0.1) is 0 Å². The van der Waals surface area contributed by atoms with Crippen molar-refractivity contribution in [2.24, 2.45) is 0 Å². The number of carbonyl (C=O) groups is 1. The van der Waals surface area contributed by atoms with Crippen LogP contribution in [-0.4, -0.2) is 30.0 Å². The Bertz CT molecular complexity index is 1310. The number of hydrogen-bond acceptors (Lipinski definition) is 10. The van der Waals surface area contributed by atoms with Crippen LogP contribution in [0.15, 0.2) is 57.6 Å². The van der Waals surface area contributed by atoms with Crippen LogP contribution >= 0.6 is 23.1 Å². The van der Waals surface area contributed by atoms with Crippen LogP contribution in [0.25, 0.3) is 0 Å². The van der Waals surface area contributed by atoms with Gasteiger partial charge in [-0.2, -0.15) is 13.7 Å². The minimum absolute atomic E-state index is 0.0617. The smallest absolute Gasteiger partial charge is 0.339 e. The second kappa shape index (κ2) is 9.77. The molecule has 0 unspecified atom stereocenters. The predicted molar refractivity (Wildman–Crippen MR) is 118 cm³/mol. The van der Waals surface area contributed by atoms with Crippen molar-refractivity contribution in [1.29, 1.82) is 5.26 Å². The summed E-state index contributed by atoms with van der Waals surface area (Å²) in [6, 6.07) is 11.9. The number of nitro groups is 1. The first-order valence-electron chi connectivity index (χ1n) is 8.77. The molecule has 32 heavy (non-hydrogen) atoms. The molecule has 1 N–H and O–H groups in total. The van der Waals surface area contributed by atoms with E-state index in [1.807, 2.05) is 6.07 Å². The largest absolute Gasteiger partial charge is 0.379 e. The number of amides is 1. The molecule has 1 heterocycles. The van der Waals surface area contributed by atoms with Crippen LogP contribution in [0.4, 0.5) is 10.8 Å². The molecule has 0 aliphatic heterocycles. The van der Waals surface area contributed by atoms with E-state index in [4.69, 9.17) is 9.44 Å². The standard InChI is InChI=1S/C19H14N4O6S3/c1-12-18(30-10-9-20)31-19(21-12)22-17(24)13-5-7-15(8-6-13)29-32(27,28)16-4-2-3-14(11-16)23(25)26/h2-8,11H,10H2,1H3,(H,21,22,24). The lowest BCUT2D eigenvalue weighted by Crippen LogP contribution is -2.12. The first-order chi connectivity index (χ1) is 15.2. The van der Waals surface area contributed by atoms with Gasteiger partial charge in [-0.25, -0.2) is 4.98 Å². The lowest BCUT2D eigenvalue weighted by atomic mass is 10.2. The third-order valence-electron chi connectivity index (χ3n) is 3.88. The van der Waals surface area contributed by atoms with E-state index < -0.39 is 20.9 Å². The molecular formula is C19H14N4O6S3. The number of nitro benzene ring substituents is 1. The molecule has 0 aliphatic rings. The number of nitriles is 1. The number of carbonyl (C=O) groups excluding carboxylic acids is 1. The Morgan fingerprint density at radius 1 is 1.31 bits per heavy atom. The minimum Gasteiger partial charge on any atom is -0.379 e. The number of non-ortho nitro benzene ring substituents is 1. The molecule has 3 rings (SSSR count). The summed E-state index contributed by atoms with van der Waals surface area (Å²) in [6.07, 6.45) is 0. The molecule has 164 valence electrons. The zero-order valence-electron chi connectivity index (χ0n) is 16.3. The maximum atomic E-state index is 12.4. The summed E-state index contributed by atoms with van der Waals surface area (Å²) >= 11 is 2.58. The number of nitrogens with zero attached hydrogens (tertiary/aromatic N) is 3. The maximum Gasteiger partial charge on any atom is 0.339 e. The molecule has 0 spiro atoms. The van der Waals surface area contributed by atoms with Crippen LogP contribution in [0.1, 0.15) is 16.1 Å². The predicted octanol–water partition coefficient (Wildman–Crippen LogP) is 4.00. The second-order valence-corrected chi connectivity index (χ2v) is 9.90. The topological polar surface area (TPSA) is 152 Å². The molecule has 3 aromatic rings. The normalized spacial score (nSPS) is 10.9. The number of thiazole rings is 1. The van der Waals surface area contributed by atoms with Crippen LogP contribution in [-0.2, 0) is 10.1 Å². The molecule has 1 aromatic heterocycles. The number of nitrogens with one attached hydrogen (secondary N) is 1. The van der Waals surface area contributed by atoms with Gasteiger partial charge in [0.05, 0.1) is 26.6 Å². The van der Waals surface area contributed by atoms with Gasteiger partial charge in [0.1, 0.15) is 10.6 Å². The highest BCUT2D eigenvalue weighted by Gasteiger charge is 2.20. The maximum absolute atomic E-state index is 12.4. The third kappa shape index (κ3) is 5.61. The molecule has 13 heteroatoms. The highest BCUT2D eigenvalue weighted by atomic mass is 32.2. The van der Waals surface area contributed by atoms with E-state index in [2.05, 4.69) is 10.3 Å². The molecule has 0 aliphatic carbocycles. The molecule has 0 saturated carbocycles. The number of thioether (sulfide) groups is 1. The molecule has 2 aromatic carbocycles. The van der Waals surface area contributed by atoms with Gasteiger partial charge in [-0.3, -0.25) is 20.2 Å². The Balaban J connectivity index is 1.69. The summed E-state index contributed by atoms with van der Waals surface area (Å²) in [4.78, 5) is 26.5. The van der Waals surface area contributed by atoms with Gasteiger partial charge in [-0.05, 0) is 37.3 Å². The third-order valence-corrected chi connectivity index (χ3v) is 7.43. The van der Waals surface area contributed by atoms with Gasteiger partial charge in [0.2, 0.25) is 0 Å². The van der Waals surface area contributed by atoms with Gasteiger partial charge in [0, 0.05) is 17.7 Å². The van der Waals surface area contributed by atoms with Crippen molar-refractivity contribution in [3.63, 3.8) is 0 Å². The highest BCUT2D eigenvalue weighted by Crippen LogP contribution is 2.32. The van der Waals surface area contributed by atoms with Crippen LogP contribution < -0.4 is 9.50 Å². The van der Waals surface area contributed by atoms with Crippen molar-refractivity contribution >= 4 is 49.9 Å².